The van der Waals surface area contributed by atoms with Gasteiger partial charge in [0.15, 0.2) is 17.4 Å². The Balaban J connectivity index is 1.96. The van der Waals surface area contributed by atoms with E-state index in [0.29, 0.717) is 43.3 Å². The van der Waals surface area contributed by atoms with Crippen LogP contribution in [0.15, 0.2) is 24.4 Å². The number of nitrogens with zero attached hydrogens (tertiary/aromatic N) is 4. The first kappa shape index (κ1) is 19.9. The summed E-state index contributed by atoms with van der Waals surface area (Å²) in [4.78, 5) is 24.1. The highest BCUT2D eigenvalue weighted by Crippen LogP contribution is 2.31. The summed E-state index contributed by atoms with van der Waals surface area (Å²) in [5.41, 5.74) is 2.25. The van der Waals surface area contributed by atoms with E-state index in [1.54, 1.807) is 18.3 Å². The predicted octanol–water partition coefficient (Wildman–Crippen LogP) is 3.43. The molecular formula is C20H25FN4O3. The summed E-state index contributed by atoms with van der Waals surface area (Å²) in [6.45, 7) is 4.00. The first-order chi connectivity index (χ1) is 13.5. The summed E-state index contributed by atoms with van der Waals surface area (Å²) in [6.07, 6.45) is 3.76. The molecule has 0 atom stereocenters. The van der Waals surface area contributed by atoms with E-state index in [9.17, 15) is 14.3 Å². The van der Waals surface area contributed by atoms with Crippen LogP contribution >= 0.6 is 0 Å². The Morgan fingerprint density at radius 1 is 1.29 bits per heavy atom. The SMILES string of the molecule is CCCCc1cnc(-c2ccc(F)c(OC)c2)c(N2CCN(C(=O)O)CC2)n1. The molecule has 0 radical (unpaired) electrons. The van der Waals surface area contributed by atoms with E-state index in [2.05, 4.69) is 11.9 Å². The minimum absolute atomic E-state index is 0.149. The molecule has 2 aromatic rings. The van der Waals surface area contributed by atoms with Crippen molar-refractivity contribution in [1.82, 2.24) is 14.9 Å². The standard InChI is InChI=1S/C20H25FN4O3/c1-3-4-5-15-13-22-18(14-6-7-16(21)17(12-14)28-2)19(23-15)24-8-10-25(11-9-24)20(26)27/h6-7,12-13H,3-5,8-11H2,1-2H3,(H,26,27). The number of carbonyl (C=O) groups is 1. The van der Waals surface area contributed by atoms with E-state index in [1.807, 2.05) is 4.90 Å². The molecule has 1 aliphatic rings. The number of aryl methyl sites for hydroxylation is 1. The molecule has 3 rings (SSSR count). The molecule has 0 saturated carbocycles. The summed E-state index contributed by atoms with van der Waals surface area (Å²) >= 11 is 0. The van der Waals surface area contributed by atoms with E-state index in [0.717, 1.165) is 25.0 Å². The number of piperazine rings is 1. The monoisotopic (exact) mass is 388 g/mol. The zero-order valence-electron chi connectivity index (χ0n) is 16.2. The van der Waals surface area contributed by atoms with Crippen molar-refractivity contribution in [3.8, 4) is 17.0 Å². The van der Waals surface area contributed by atoms with Crippen LogP contribution in [0, 0.1) is 5.82 Å². The van der Waals surface area contributed by atoms with Crippen LogP contribution in [0.4, 0.5) is 15.0 Å². The van der Waals surface area contributed by atoms with Gasteiger partial charge in [-0.15, -0.1) is 0 Å². The van der Waals surface area contributed by atoms with Crippen molar-refractivity contribution in [3.63, 3.8) is 0 Å². The van der Waals surface area contributed by atoms with Crippen LogP contribution in [0.3, 0.4) is 0 Å². The molecule has 150 valence electrons. The van der Waals surface area contributed by atoms with Crippen LogP contribution in [-0.4, -0.2) is 59.4 Å². The number of rotatable bonds is 6. The summed E-state index contributed by atoms with van der Waals surface area (Å²) in [7, 11) is 1.42. The van der Waals surface area contributed by atoms with Gasteiger partial charge in [-0.2, -0.15) is 0 Å². The number of hydrogen-bond donors (Lipinski definition) is 1. The molecular weight excluding hydrogens is 363 g/mol. The molecule has 0 aliphatic carbocycles. The van der Waals surface area contributed by atoms with E-state index in [-0.39, 0.29) is 5.75 Å². The van der Waals surface area contributed by atoms with Crippen LogP contribution in [0.5, 0.6) is 5.75 Å². The smallest absolute Gasteiger partial charge is 0.407 e. The number of carboxylic acid groups (broad SMARTS) is 1. The first-order valence-electron chi connectivity index (χ1n) is 9.46. The summed E-state index contributed by atoms with van der Waals surface area (Å²) in [5.74, 6) is 0.415. The molecule has 1 fully saturated rings. The minimum Gasteiger partial charge on any atom is -0.494 e. The number of halogens is 1. The largest absolute Gasteiger partial charge is 0.494 e. The van der Waals surface area contributed by atoms with Crippen LogP contribution < -0.4 is 9.64 Å². The van der Waals surface area contributed by atoms with Crippen molar-refractivity contribution < 1.29 is 19.0 Å². The molecule has 8 heteroatoms. The van der Waals surface area contributed by atoms with E-state index in [4.69, 9.17) is 9.72 Å². The maximum Gasteiger partial charge on any atom is 0.407 e. The van der Waals surface area contributed by atoms with Gasteiger partial charge in [-0.05, 0) is 31.0 Å². The number of unbranched alkanes of at least 4 members (excludes halogenated alkanes) is 1. The fourth-order valence-electron chi connectivity index (χ4n) is 3.23. The Bertz CT molecular complexity index is 838. The number of hydrogen-bond acceptors (Lipinski definition) is 5. The maximum absolute atomic E-state index is 13.8. The second-order valence-electron chi connectivity index (χ2n) is 6.74. The molecule has 1 amide bonds. The summed E-state index contributed by atoms with van der Waals surface area (Å²) < 4.78 is 18.9. The lowest BCUT2D eigenvalue weighted by Crippen LogP contribution is -2.48. The average Bonchev–Trinajstić information content (AvgIpc) is 2.72. The highest BCUT2D eigenvalue weighted by Gasteiger charge is 2.24. The van der Waals surface area contributed by atoms with Gasteiger partial charge in [0.05, 0.1) is 12.8 Å². The van der Waals surface area contributed by atoms with E-state index < -0.39 is 11.9 Å². The third kappa shape index (κ3) is 4.32. The van der Waals surface area contributed by atoms with Crippen molar-refractivity contribution in [3.05, 3.63) is 35.9 Å². The molecule has 0 spiro atoms. The average molecular weight is 388 g/mol. The van der Waals surface area contributed by atoms with Crippen molar-refractivity contribution in [2.75, 3.05) is 38.2 Å². The van der Waals surface area contributed by atoms with Crippen molar-refractivity contribution >= 4 is 11.9 Å². The van der Waals surface area contributed by atoms with Gasteiger partial charge in [0.2, 0.25) is 0 Å². The molecule has 2 heterocycles. The number of methoxy groups -OCH3 is 1. The first-order valence-corrected chi connectivity index (χ1v) is 9.46. The predicted molar refractivity (Wildman–Crippen MR) is 104 cm³/mol. The lowest BCUT2D eigenvalue weighted by Gasteiger charge is -2.34. The Hall–Kier alpha value is -2.90. The van der Waals surface area contributed by atoms with Gasteiger partial charge in [-0.3, -0.25) is 4.98 Å². The van der Waals surface area contributed by atoms with Crippen molar-refractivity contribution in [2.24, 2.45) is 0 Å². The molecule has 28 heavy (non-hydrogen) atoms. The van der Waals surface area contributed by atoms with Crippen LogP contribution in [0.25, 0.3) is 11.3 Å². The van der Waals surface area contributed by atoms with Crippen LogP contribution in [0.1, 0.15) is 25.5 Å². The van der Waals surface area contributed by atoms with Crippen LogP contribution in [-0.2, 0) is 6.42 Å². The Kier molecular flexibility index (Phi) is 6.28. The highest BCUT2D eigenvalue weighted by atomic mass is 19.1. The van der Waals surface area contributed by atoms with Crippen molar-refractivity contribution in [1.29, 1.82) is 0 Å². The molecule has 1 aromatic carbocycles. The van der Waals surface area contributed by atoms with E-state index >= 15 is 0 Å². The van der Waals surface area contributed by atoms with Gasteiger partial charge in [0.25, 0.3) is 0 Å². The summed E-state index contributed by atoms with van der Waals surface area (Å²) in [6, 6.07) is 4.62. The molecule has 1 aromatic heterocycles. The molecule has 0 unspecified atom stereocenters. The summed E-state index contributed by atoms with van der Waals surface area (Å²) in [5, 5.41) is 9.18. The maximum atomic E-state index is 13.8. The van der Waals surface area contributed by atoms with Crippen molar-refractivity contribution in [2.45, 2.75) is 26.2 Å². The van der Waals surface area contributed by atoms with Gasteiger partial charge in [0.1, 0.15) is 5.69 Å². The molecule has 1 N–H and O–H groups in total. The van der Waals surface area contributed by atoms with Gasteiger partial charge < -0.3 is 19.6 Å². The fourth-order valence-corrected chi connectivity index (χ4v) is 3.23. The molecule has 1 saturated heterocycles. The fraction of sp³-hybridized carbons (Fsp3) is 0.450. The normalized spacial score (nSPS) is 14.2. The lowest BCUT2D eigenvalue weighted by atomic mass is 10.1. The van der Waals surface area contributed by atoms with Gasteiger partial charge in [-0.25, -0.2) is 14.2 Å². The molecule has 7 nitrogen and oxygen atoms in total. The topological polar surface area (TPSA) is 78.8 Å². The number of benzene rings is 1. The zero-order chi connectivity index (χ0) is 20.1. The quantitative estimate of drug-likeness (QED) is 0.817. The lowest BCUT2D eigenvalue weighted by molar-refractivity contribution is 0.142. The Labute approximate surface area is 163 Å². The molecule has 1 aliphatic heterocycles. The zero-order valence-corrected chi connectivity index (χ0v) is 16.2. The second-order valence-corrected chi connectivity index (χ2v) is 6.74. The Morgan fingerprint density at radius 2 is 2.04 bits per heavy atom. The Morgan fingerprint density at radius 3 is 2.68 bits per heavy atom. The highest BCUT2D eigenvalue weighted by molar-refractivity contribution is 5.74. The van der Waals surface area contributed by atoms with Gasteiger partial charge in [-0.1, -0.05) is 13.3 Å². The number of anilines is 1. The number of amides is 1. The van der Waals surface area contributed by atoms with Crippen LogP contribution in [0.2, 0.25) is 0 Å². The van der Waals surface area contributed by atoms with Gasteiger partial charge in [0, 0.05) is 37.9 Å². The second kappa shape index (κ2) is 8.86. The third-order valence-corrected chi connectivity index (χ3v) is 4.86. The number of aromatic nitrogens is 2. The minimum atomic E-state index is -0.911. The van der Waals surface area contributed by atoms with E-state index in [1.165, 1.54) is 18.1 Å². The third-order valence-electron chi connectivity index (χ3n) is 4.86. The number of ether oxygens (including phenoxy) is 1. The molecule has 0 bridgehead atoms. The van der Waals surface area contributed by atoms with Gasteiger partial charge >= 0.3 is 6.09 Å².